The van der Waals surface area contributed by atoms with E-state index < -0.39 is 0 Å². The van der Waals surface area contributed by atoms with E-state index in [4.69, 9.17) is 0 Å². The first-order chi connectivity index (χ1) is 9.81. The van der Waals surface area contributed by atoms with E-state index in [2.05, 4.69) is 17.0 Å². The molecule has 1 atom stereocenters. The predicted octanol–water partition coefficient (Wildman–Crippen LogP) is 2.52. The Morgan fingerprint density at radius 3 is 2.55 bits per heavy atom. The number of rotatable bonds is 4. The summed E-state index contributed by atoms with van der Waals surface area (Å²) in [7, 11) is 0. The summed E-state index contributed by atoms with van der Waals surface area (Å²) in [5.41, 5.74) is 1.24. The molecule has 0 saturated carbocycles. The van der Waals surface area contributed by atoms with Gasteiger partial charge in [0.1, 0.15) is 0 Å². The minimum atomic E-state index is 0.330. The zero-order chi connectivity index (χ0) is 13.8. The lowest BCUT2D eigenvalue weighted by Crippen LogP contribution is -2.35. The molecule has 3 rings (SSSR count). The van der Waals surface area contributed by atoms with Gasteiger partial charge in [-0.25, -0.2) is 0 Å². The maximum Gasteiger partial charge on any atom is 0.223 e. The van der Waals surface area contributed by atoms with Crippen molar-refractivity contribution in [2.24, 2.45) is 5.92 Å². The Morgan fingerprint density at radius 2 is 1.80 bits per heavy atom. The fraction of sp³-hybridized carbons (Fsp3) is 0.588. The molecule has 0 N–H and O–H groups in total. The van der Waals surface area contributed by atoms with Crippen LogP contribution in [0.2, 0.25) is 0 Å². The highest BCUT2D eigenvalue weighted by atomic mass is 16.2. The Hall–Kier alpha value is -1.35. The SMILES string of the molecule is O=C1CC(CN2CCCCC2)CN1Cc1ccccc1. The van der Waals surface area contributed by atoms with Crippen LogP contribution in [0.4, 0.5) is 0 Å². The van der Waals surface area contributed by atoms with Gasteiger partial charge in [0.05, 0.1) is 0 Å². The van der Waals surface area contributed by atoms with Crippen LogP contribution in [-0.4, -0.2) is 41.9 Å². The molecular formula is C17H24N2O. The molecule has 1 unspecified atom stereocenters. The Labute approximate surface area is 121 Å². The van der Waals surface area contributed by atoms with Crippen molar-refractivity contribution >= 4 is 5.91 Å². The number of carbonyl (C=O) groups is 1. The van der Waals surface area contributed by atoms with Gasteiger partial charge in [0, 0.05) is 26.1 Å². The number of likely N-dealkylation sites (tertiary alicyclic amines) is 2. The number of amides is 1. The molecule has 108 valence electrons. The number of hydrogen-bond donors (Lipinski definition) is 0. The van der Waals surface area contributed by atoms with Gasteiger partial charge in [0.25, 0.3) is 0 Å². The Balaban J connectivity index is 1.52. The number of nitrogens with zero attached hydrogens (tertiary/aromatic N) is 2. The first-order valence-corrected chi connectivity index (χ1v) is 7.85. The van der Waals surface area contributed by atoms with Crippen molar-refractivity contribution in [3.05, 3.63) is 35.9 Å². The van der Waals surface area contributed by atoms with Gasteiger partial charge < -0.3 is 9.80 Å². The van der Waals surface area contributed by atoms with Crippen LogP contribution in [0, 0.1) is 5.92 Å². The summed E-state index contributed by atoms with van der Waals surface area (Å²) < 4.78 is 0. The Kier molecular flexibility index (Phi) is 4.36. The van der Waals surface area contributed by atoms with Gasteiger partial charge in [0.15, 0.2) is 0 Å². The highest BCUT2D eigenvalue weighted by molar-refractivity contribution is 5.78. The predicted molar refractivity (Wildman–Crippen MR) is 80.3 cm³/mol. The lowest BCUT2D eigenvalue weighted by atomic mass is 10.1. The fourth-order valence-corrected chi connectivity index (χ4v) is 3.44. The van der Waals surface area contributed by atoms with Crippen LogP contribution in [0.15, 0.2) is 30.3 Å². The molecule has 2 heterocycles. The van der Waals surface area contributed by atoms with Crippen LogP contribution in [0.5, 0.6) is 0 Å². The molecule has 2 aliphatic heterocycles. The third-order valence-electron chi connectivity index (χ3n) is 4.48. The van der Waals surface area contributed by atoms with Gasteiger partial charge in [-0.2, -0.15) is 0 Å². The monoisotopic (exact) mass is 272 g/mol. The third-order valence-corrected chi connectivity index (χ3v) is 4.48. The summed E-state index contributed by atoms with van der Waals surface area (Å²) in [4.78, 5) is 16.7. The second kappa shape index (κ2) is 6.40. The molecule has 2 aliphatic rings. The zero-order valence-electron chi connectivity index (χ0n) is 12.1. The molecule has 1 aromatic carbocycles. The average molecular weight is 272 g/mol. The molecule has 1 amide bonds. The third kappa shape index (κ3) is 3.40. The van der Waals surface area contributed by atoms with Gasteiger partial charge in [-0.3, -0.25) is 4.79 Å². The maximum absolute atomic E-state index is 12.1. The summed E-state index contributed by atoms with van der Waals surface area (Å²) in [5, 5.41) is 0. The van der Waals surface area contributed by atoms with Crippen molar-refractivity contribution in [2.75, 3.05) is 26.2 Å². The molecule has 0 radical (unpaired) electrons. The number of benzene rings is 1. The summed E-state index contributed by atoms with van der Waals surface area (Å²) in [6.07, 6.45) is 4.77. The standard InChI is InChI=1S/C17H24N2O/c20-17-11-16(12-18-9-5-2-6-10-18)14-19(17)13-15-7-3-1-4-8-15/h1,3-4,7-8,16H,2,5-6,9-14H2. The molecule has 0 aliphatic carbocycles. The second-order valence-corrected chi connectivity index (χ2v) is 6.19. The van der Waals surface area contributed by atoms with E-state index in [1.165, 1.54) is 37.9 Å². The highest BCUT2D eigenvalue weighted by Crippen LogP contribution is 2.22. The van der Waals surface area contributed by atoms with Crippen molar-refractivity contribution in [2.45, 2.75) is 32.2 Å². The van der Waals surface area contributed by atoms with Gasteiger partial charge in [-0.05, 0) is 37.4 Å². The Morgan fingerprint density at radius 1 is 1.05 bits per heavy atom. The Bertz CT molecular complexity index is 440. The van der Waals surface area contributed by atoms with Crippen molar-refractivity contribution in [3.8, 4) is 0 Å². The van der Waals surface area contributed by atoms with Crippen molar-refractivity contribution in [3.63, 3.8) is 0 Å². The largest absolute Gasteiger partial charge is 0.338 e. The zero-order valence-corrected chi connectivity index (χ0v) is 12.1. The molecule has 20 heavy (non-hydrogen) atoms. The van der Waals surface area contributed by atoms with Crippen LogP contribution in [0.1, 0.15) is 31.2 Å². The molecule has 1 aromatic rings. The maximum atomic E-state index is 12.1. The molecule has 3 nitrogen and oxygen atoms in total. The topological polar surface area (TPSA) is 23.6 Å². The normalized spacial score (nSPS) is 24.3. The molecular weight excluding hydrogens is 248 g/mol. The van der Waals surface area contributed by atoms with Crippen LogP contribution >= 0.6 is 0 Å². The molecule has 3 heteroatoms. The first-order valence-electron chi connectivity index (χ1n) is 7.85. The van der Waals surface area contributed by atoms with Crippen LogP contribution in [0.25, 0.3) is 0 Å². The lowest BCUT2D eigenvalue weighted by molar-refractivity contribution is -0.128. The summed E-state index contributed by atoms with van der Waals surface area (Å²) in [6, 6.07) is 10.3. The fourth-order valence-electron chi connectivity index (χ4n) is 3.44. The van der Waals surface area contributed by atoms with Crippen LogP contribution in [-0.2, 0) is 11.3 Å². The minimum Gasteiger partial charge on any atom is -0.338 e. The minimum absolute atomic E-state index is 0.330. The molecule has 0 aromatic heterocycles. The summed E-state index contributed by atoms with van der Waals surface area (Å²) in [5.74, 6) is 0.861. The smallest absolute Gasteiger partial charge is 0.223 e. The van der Waals surface area contributed by atoms with Gasteiger partial charge in [0.2, 0.25) is 5.91 Å². The van der Waals surface area contributed by atoms with Gasteiger partial charge in [-0.1, -0.05) is 36.8 Å². The molecule has 2 fully saturated rings. The van der Waals surface area contributed by atoms with E-state index in [0.29, 0.717) is 11.8 Å². The van der Waals surface area contributed by atoms with Crippen molar-refractivity contribution < 1.29 is 4.79 Å². The van der Waals surface area contributed by atoms with Crippen molar-refractivity contribution in [1.82, 2.24) is 9.80 Å². The van der Waals surface area contributed by atoms with E-state index in [1.807, 2.05) is 23.1 Å². The van der Waals surface area contributed by atoms with Crippen molar-refractivity contribution in [1.29, 1.82) is 0 Å². The van der Waals surface area contributed by atoms with E-state index in [-0.39, 0.29) is 0 Å². The summed E-state index contributed by atoms with van der Waals surface area (Å²) >= 11 is 0. The average Bonchev–Trinajstić information content (AvgIpc) is 2.81. The van der Waals surface area contributed by atoms with E-state index in [0.717, 1.165) is 26.1 Å². The lowest BCUT2D eigenvalue weighted by Gasteiger charge is -2.28. The van der Waals surface area contributed by atoms with Gasteiger partial charge in [-0.15, -0.1) is 0 Å². The summed E-state index contributed by atoms with van der Waals surface area (Å²) in [6.45, 7) is 5.27. The number of hydrogen-bond acceptors (Lipinski definition) is 2. The first kappa shape index (κ1) is 13.6. The molecule has 0 bridgehead atoms. The van der Waals surface area contributed by atoms with Crippen LogP contribution < -0.4 is 0 Å². The number of carbonyl (C=O) groups excluding carboxylic acids is 1. The van der Waals surface area contributed by atoms with E-state index in [1.54, 1.807) is 0 Å². The van der Waals surface area contributed by atoms with Crippen LogP contribution in [0.3, 0.4) is 0 Å². The second-order valence-electron chi connectivity index (χ2n) is 6.19. The van der Waals surface area contributed by atoms with E-state index >= 15 is 0 Å². The van der Waals surface area contributed by atoms with Gasteiger partial charge >= 0.3 is 0 Å². The number of piperidine rings is 1. The quantitative estimate of drug-likeness (QED) is 0.841. The highest BCUT2D eigenvalue weighted by Gasteiger charge is 2.30. The van der Waals surface area contributed by atoms with E-state index in [9.17, 15) is 4.79 Å². The molecule has 0 spiro atoms. The molecule has 2 saturated heterocycles.